The highest BCUT2D eigenvalue weighted by molar-refractivity contribution is 5.97. The lowest BCUT2D eigenvalue weighted by atomic mass is 10.2. The van der Waals surface area contributed by atoms with E-state index in [2.05, 4.69) is 45.6 Å². The molecule has 3 rings (SSSR count). The Bertz CT molecular complexity index is 835. The number of amides is 1. The number of carbonyl (C=O) groups is 1. The van der Waals surface area contributed by atoms with Crippen LogP contribution in [0, 0.1) is 11.3 Å². The van der Waals surface area contributed by atoms with E-state index >= 15 is 0 Å². The molecule has 0 saturated carbocycles. The first-order chi connectivity index (χ1) is 13.6. The third kappa shape index (κ3) is 4.81. The van der Waals surface area contributed by atoms with Crippen LogP contribution in [-0.4, -0.2) is 49.6 Å². The first-order valence-electron chi connectivity index (χ1n) is 9.74. The molecule has 0 aromatic heterocycles. The van der Waals surface area contributed by atoms with Crippen LogP contribution in [-0.2, 0) is 4.79 Å². The number of nitrogens with one attached hydrogen (secondary N) is 2. The van der Waals surface area contributed by atoms with E-state index in [1.807, 2.05) is 19.1 Å². The van der Waals surface area contributed by atoms with Gasteiger partial charge in [0.25, 0.3) is 0 Å². The number of nitrogens with zero attached hydrogens (tertiary/aromatic N) is 3. The Hall–Kier alpha value is -3.04. The second-order valence-corrected chi connectivity index (χ2v) is 6.98. The fraction of sp³-hybridized carbons (Fsp3) is 0.364. The Balaban J connectivity index is 1.56. The number of anilines is 3. The summed E-state index contributed by atoms with van der Waals surface area (Å²) in [6.45, 7) is 9.38. The van der Waals surface area contributed by atoms with E-state index in [0.29, 0.717) is 11.3 Å². The van der Waals surface area contributed by atoms with Crippen LogP contribution >= 0.6 is 0 Å². The number of nitriles is 1. The zero-order valence-electron chi connectivity index (χ0n) is 16.5. The van der Waals surface area contributed by atoms with Crippen LogP contribution in [0.25, 0.3) is 0 Å². The Morgan fingerprint density at radius 3 is 2.43 bits per heavy atom. The predicted octanol–water partition coefficient (Wildman–Crippen LogP) is 3.14. The van der Waals surface area contributed by atoms with Gasteiger partial charge in [0.1, 0.15) is 12.1 Å². The van der Waals surface area contributed by atoms with Crippen LogP contribution in [0.3, 0.4) is 0 Å². The summed E-state index contributed by atoms with van der Waals surface area (Å²) in [5.41, 5.74) is 3.09. The Morgan fingerprint density at radius 2 is 1.79 bits per heavy atom. The monoisotopic (exact) mass is 377 g/mol. The summed E-state index contributed by atoms with van der Waals surface area (Å²) in [6, 6.07) is 16.9. The van der Waals surface area contributed by atoms with Gasteiger partial charge in [-0.3, -0.25) is 4.79 Å². The maximum Gasteiger partial charge on any atom is 0.246 e. The van der Waals surface area contributed by atoms with Gasteiger partial charge in [0, 0.05) is 37.6 Å². The van der Waals surface area contributed by atoms with Crippen molar-refractivity contribution in [3.8, 4) is 6.07 Å². The summed E-state index contributed by atoms with van der Waals surface area (Å²) in [5.74, 6) is -0.178. The van der Waals surface area contributed by atoms with Gasteiger partial charge in [-0.05, 0) is 49.9 Å². The Morgan fingerprint density at radius 1 is 1.11 bits per heavy atom. The minimum atomic E-state index is -0.425. The molecule has 0 unspecified atom stereocenters. The molecule has 2 aromatic carbocycles. The van der Waals surface area contributed by atoms with Crippen molar-refractivity contribution in [1.29, 1.82) is 5.26 Å². The molecule has 0 spiro atoms. The van der Waals surface area contributed by atoms with Gasteiger partial charge in [0.2, 0.25) is 5.91 Å². The van der Waals surface area contributed by atoms with Crippen molar-refractivity contribution in [3.63, 3.8) is 0 Å². The molecule has 2 aromatic rings. The normalized spacial score (nSPS) is 15.5. The molecule has 2 N–H and O–H groups in total. The summed E-state index contributed by atoms with van der Waals surface area (Å²) in [4.78, 5) is 17.3. The maximum atomic E-state index is 12.5. The van der Waals surface area contributed by atoms with Gasteiger partial charge in [-0.25, -0.2) is 0 Å². The molecule has 0 bridgehead atoms. The number of piperazine rings is 1. The molecule has 1 aliphatic heterocycles. The maximum absolute atomic E-state index is 12.5. The molecular weight excluding hydrogens is 350 g/mol. The number of hydrogen-bond acceptors (Lipinski definition) is 5. The minimum Gasteiger partial charge on any atom is -0.374 e. The van der Waals surface area contributed by atoms with E-state index < -0.39 is 6.04 Å². The number of benzene rings is 2. The third-order valence-electron chi connectivity index (χ3n) is 5.13. The second-order valence-electron chi connectivity index (χ2n) is 6.98. The average Bonchev–Trinajstić information content (AvgIpc) is 2.74. The van der Waals surface area contributed by atoms with Crippen LogP contribution in [0.15, 0.2) is 48.5 Å². The second kappa shape index (κ2) is 9.25. The number of carbonyl (C=O) groups excluding carboxylic acids is 1. The fourth-order valence-electron chi connectivity index (χ4n) is 3.34. The molecule has 1 fully saturated rings. The molecule has 146 valence electrons. The van der Waals surface area contributed by atoms with Gasteiger partial charge in [-0.15, -0.1) is 0 Å². The van der Waals surface area contributed by atoms with Crippen LogP contribution in [0.1, 0.15) is 19.4 Å². The lowest BCUT2D eigenvalue weighted by Gasteiger charge is -2.35. The lowest BCUT2D eigenvalue weighted by Crippen LogP contribution is -2.46. The highest BCUT2D eigenvalue weighted by atomic mass is 16.2. The van der Waals surface area contributed by atoms with Crippen molar-refractivity contribution in [2.75, 3.05) is 48.3 Å². The Labute approximate surface area is 166 Å². The summed E-state index contributed by atoms with van der Waals surface area (Å²) < 4.78 is 0. The van der Waals surface area contributed by atoms with E-state index in [0.717, 1.165) is 38.4 Å². The predicted molar refractivity (Wildman–Crippen MR) is 114 cm³/mol. The van der Waals surface area contributed by atoms with E-state index in [1.165, 1.54) is 5.69 Å². The van der Waals surface area contributed by atoms with Crippen molar-refractivity contribution in [1.82, 2.24) is 4.90 Å². The molecule has 1 aliphatic rings. The summed E-state index contributed by atoms with van der Waals surface area (Å²) in [7, 11) is 0. The van der Waals surface area contributed by atoms with Crippen LogP contribution in [0.2, 0.25) is 0 Å². The topological polar surface area (TPSA) is 71.4 Å². The number of likely N-dealkylation sites (N-methyl/N-ethyl adjacent to an activating group) is 1. The SMILES string of the molecule is CCN1CCN(c2ccc(N[C@H](C)C(=O)Nc3ccccc3C#N)cc2)CC1. The number of hydrogen-bond donors (Lipinski definition) is 2. The smallest absolute Gasteiger partial charge is 0.246 e. The fourth-order valence-corrected chi connectivity index (χ4v) is 3.34. The van der Waals surface area contributed by atoms with E-state index in [1.54, 1.807) is 24.3 Å². The van der Waals surface area contributed by atoms with Gasteiger partial charge >= 0.3 is 0 Å². The van der Waals surface area contributed by atoms with E-state index in [-0.39, 0.29) is 5.91 Å². The van der Waals surface area contributed by atoms with Crippen molar-refractivity contribution in [3.05, 3.63) is 54.1 Å². The number of rotatable bonds is 6. The van der Waals surface area contributed by atoms with Crippen molar-refractivity contribution in [2.45, 2.75) is 19.9 Å². The summed E-state index contributed by atoms with van der Waals surface area (Å²) in [6.07, 6.45) is 0. The van der Waals surface area contributed by atoms with Gasteiger partial charge in [-0.2, -0.15) is 5.26 Å². The van der Waals surface area contributed by atoms with Gasteiger partial charge < -0.3 is 20.4 Å². The van der Waals surface area contributed by atoms with Gasteiger partial charge in [0.15, 0.2) is 0 Å². The number of para-hydroxylation sites is 1. The zero-order valence-corrected chi connectivity index (χ0v) is 16.5. The highest BCUT2D eigenvalue weighted by Gasteiger charge is 2.17. The summed E-state index contributed by atoms with van der Waals surface area (Å²) >= 11 is 0. The van der Waals surface area contributed by atoms with Crippen molar-refractivity contribution >= 4 is 23.0 Å². The van der Waals surface area contributed by atoms with Crippen molar-refractivity contribution in [2.24, 2.45) is 0 Å². The average molecular weight is 377 g/mol. The quantitative estimate of drug-likeness (QED) is 0.809. The molecule has 0 radical (unpaired) electrons. The first-order valence-corrected chi connectivity index (χ1v) is 9.74. The highest BCUT2D eigenvalue weighted by Crippen LogP contribution is 2.20. The van der Waals surface area contributed by atoms with E-state index in [9.17, 15) is 4.79 Å². The Kier molecular flexibility index (Phi) is 6.51. The largest absolute Gasteiger partial charge is 0.374 e. The van der Waals surface area contributed by atoms with Crippen molar-refractivity contribution < 1.29 is 4.79 Å². The van der Waals surface area contributed by atoms with Crippen LogP contribution < -0.4 is 15.5 Å². The van der Waals surface area contributed by atoms with Crippen LogP contribution in [0.4, 0.5) is 17.1 Å². The standard InChI is InChI=1S/C22H27N5O/c1-3-26-12-14-27(15-13-26)20-10-8-19(9-11-20)24-17(2)22(28)25-21-7-5-4-6-18(21)16-23/h4-11,17,24H,3,12-15H2,1-2H3,(H,25,28)/t17-/m1/s1. The lowest BCUT2D eigenvalue weighted by molar-refractivity contribution is -0.116. The van der Waals surface area contributed by atoms with Gasteiger partial charge in [-0.1, -0.05) is 19.1 Å². The molecular formula is C22H27N5O. The molecule has 1 saturated heterocycles. The van der Waals surface area contributed by atoms with Gasteiger partial charge in [0.05, 0.1) is 11.3 Å². The molecule has 6 nitrogen and oxygen atoms in total. The van der Waals surface area contributed by atoms with E-state index in [4.69, 9.17) is 5.26 Å². The first kappa shape index (κ1) is 19.7. The molecule has 1 amide bonds. The zero-order chi connectivity index (χ0) is 19.9. The molecule has 1 atom stereocenters. The third-order valence-corrected chi connectivity index (χ3v) is 5.13. The molecule has 0 aliphatic carbocycles. The molecule has 28 heavy (non-hydrogen) atoms. The molecule has 6 heteroatoms. The van der Waals surface area contributed by atoms with Crippen LogP contribution in [0.5, 0.6) is 0 Å². The summed E-state index contributed by atoms with van der Waals surface area (Å²) in [5, 5.41) is 15.2. The molecule has 1 heterocycles. The minimum absolute atomic E-state index is 0.178.